The first-order chi connectivity index (χ1) is 9.20. The molecule has 1 heterocycles. The van der Waals surface area contributed by atoms with E-state index >= 15 is 0 Å². The van der Waals surface area contributed by atoms with E-state index in [2.05, 4.69) is 5.32 Å². The Morgan fingerprint density at radius 1 is 1.63 bits per heavy atom. The van der Waals surface area contributed by atoms with E-state index in [1.54, 1.807) is 0 Å². The molecule has 1 saturated heterocycles. The first-order valence-corrected chi connectivity index (χ1v) is 5.84. The van der Waals surface area contributed by atoms with Gasteiger partial charge in [-0.3, -0.25) is 10.1 Å². The number of hydrogen-bond donors (Lipinski definition) is 1. The summed E-state index contributed by atoms with van der Waals surface area (Å²) in [5.41, 5.74) is 0.172. The van der Waals surface area contributed by atoms with E-state index in [0.717, 1.165) is 6.54 Å². The fraction of sp³-hybridized carbons (Fsp3) is 0.417. The second-order valence-corrected chi connectivity index (χ2v) is 4.06. The zero-order valence-corrected chi connectivity index (χ0v) is 10.2. The zero-order chi connectivity index (χ0) is 13.7. The molecule has 1 aromatic carbocycles. The van der Waals surface area contributed by atoms with E-state index < -0.39 is 4.92 Å². The van der Waals surface area contributed by atoms with Crippen molar-refractivity contribution in [2.24, 2.45) is 0 Å². The van der Waals surface area contributed by atoms with Crippen molar-refractivity contribution < 1.29 is 14.4 Å². The molecular weight excluding hydrogens is 250 g/mol. The third-order valence-corrected chi connectivity index (χ3v) is 2.71. The number of nitrogens with one attached hydrogen (secondary N) is 1. The van der Waals surface area contributed by atoms with Crippen LogP contribution >= 0.6 is 0 Å². The third kappa shape index (κ3) is 3.40. The average molecular weight is 263 g/mol. The molecule has 19 heavy (non-hydrogen) atoms. The van der Waals surface area contributed by atoms with E-state index in [-0.39, 0.29) is 24.1 Å². The Labute approximate surface area is 109 Å². The number of nitro groups is 1. The molecule has 1 atom stereocenters. The lowest BCUT2D eigenvalue weighted by molar-refractivity contribution is -0.385. The summed E-state index contributed by atoms with van der Waals surface area (Å²) >= 11 is 0. The maximum absolute atomic E-state index is 10.9. The number of nitrogens with zero attached hydrogens (tertiary/aromatic N) is 2. The molecule has 0 amide bonds. The van der Waals surface area contributed by atoms with Crippen molar-refractivity contribution >= 4 is 5.69 Å². The van der Waals surface area contributed by atoms with Crippen LogP contribution in [0, 0.1) is 21.4 Å². The van der Waals surface area contributed by atoms with Crippen molar-refractivity contribution in [3.63, 3.8) is 0 Å². The van der Waals surface area contributed by atoms with Gasteiger partial charge >= 0.3 is 5.69 Å². The van der Waals surface area contributed by atoms with Crippen LogP contribution in [0.3, 0.4) is 0 Å². The minimum Gasteiger partial charge on any atom is -0.484 e. The van der Waals surface area contributed by atoms with Crippen molar-refractivity contribution in [3.8, 4) is 11.8 Å². The van der Waals surface area contributed by atoms with Crippen molar-refractivity contribution in [1.82, 2.24) is 5.32 Å². The number of hydrogen-bond acceptors (Lipinski definition) is 6. The van der Waals surface area contributed by atoms with Gasteiger partial charge in [-0.25, -0.2) is 0 Å². The topological polar surface area (TPSA) is 97.4 Å². The maximum Gasteiger partial charge on any atom is 0.311 e. The monoisotopic (exact) mass is 263 g/mol. The van der Waals surface area contributed by atoms with Gasteiger partial charge in [0.1, 0.15) is 12.7 Å². The van der Waals surface area contributed by atoms with Crippen LogP contribution < -0.4 is 10.1 Å². The third-order valence-electron chi connectivity index (χ3n) is 2.71. The largest absolute Gasteiger partial charge is 0.484 e. The van der Waals surface area contributed by atoms with Crippen LogP contribution in [0.5, 0.6) is 5.75 Å². The Bertz CT molecular complexity index is 506. The van der Waals surface area contributed by atoms with Crippen LogP contribution in [0.15, 0.2) is 18.2 Å². The fourth-order valence-corrected chi connectivity index (χ4v) is 1.76. The van der Waals surface area contributed by atoms with Crippen LogP contribution in [0.1, 0.15) is 5.56 Å². The lowest BCUT2D eigenvalue weighted by Gasteiger charge is -2.23. The molecule has 1 aliphatic rings. The van der Waals surface area contributed by atoms with Gasteiger partial charge in [-0.15, -0.1) is 0 Å². The van der Waals surface area contributed by atoms with E-state index in [1.165, 1.54) is 18.2 Å². The molecule has 100 valence electrons. The minimum absolute atomic E-state index is 0.0956. The maximum atomic E-state index is 10.9. The highest BCUT2D eigenvalue weighted by Crippen LogP contribution is 2.28. The molecule has 1 N–H and O–H groups in total. The minimum atomic E-state index is -0.531. The first-order valence-electron chi connectivity index (χ1n) is 5.84. The quantitative estimate of drug-likeness (QED) is 0.638. The summed E-state index contributed by atoms with van der Waals surface area (Å²) in [5.74, 6) is 0.0956. The number of nitro benzene ring substituents is 1. The SMILES string of the molecule is N#Cc1ccc([N+](=O)[O-])c(OCC2CNCCO2)c1. The standard InChI is InChI=1S/C12H13N3O4/c13-6-9-1-2-11(15(16)17)12(5-9)19-8-10-7-14-3-4-18-10/h1-2,5,10,14H,3-4,7-8H2. The number of rotatable bonds is 4. The lowest BCUT2D eigenvalue weighted by Crippen LogP contribution is -2.41. The first kappa shape index (κ1) is 13.3. The number of nitriles is 1. The Morgan fingerprint density at radius 2 is 2.47 bits per heavy atom. The molecule has 0 spiro atoms. The highest BCUT2D eigenvalue weighted by molar-refractivity contribution is 5.51. The summed E-state index contributed by atoms with van der Waals surface area (Å²) in [6.07, 6.45) is -0.140. The summed E-state index contributed by atoms with van der Waals surface area (Å²) in [4.78, 5) is 10.3. The molecule has 0 saturated carbocycles. The van der Waals surface area contributed by atoms with Crippen molar-refractivity contribution in [1.29, 1.82) is 5.26 Å². The molecule has 1 unspecified atom stereocenters. The molecule has 1 aromatic rings. The van der Waals surface area contributed by atoms with Gasteiger partial charge in [0, 0.05) is 25.2 Å². The van der Waals surface area contributed by atoms with Gasteiger partial charge in [0.15, 0.2) is 5.75 Å². The predicted octanol–water partition coefficient (Wildman–Crippen LogP) is 0.834. The van der Waals surface area contributed by atoms with Gasteiger partial charge in [0.2, 0.25) is 0 Å². The second-order valence-electron chi connectivity index (χ2n) is 4.06. The van der Waals surface area contributed by atoms with Crippen molar-refractivity contribution in [3.05, 3.63) is 33.9 Å². The number of ether oxygens (including phenoxy) is 2. The summed E-state index contributed by atoms with van der Waals surface area (Å²) in [6.45, 7) is 2.24. The molecule has 0 bridgehead atoms. The van der Waals surface area contributed by atoms with E-state index in [9.17, 15) is 10.1 Å². The normalized spacial score (nSPS) is 18.6. The molecular formula is C12H13N3O4. The Hall–Kier alpha value is -2.17. The van der Waals surface area contributed by atoms with Crippen LogP contribution in [0.25, 0.3) is 0 Å². The van der Waals surface area contributed by atoms with Gasteiger partial charge in [-0.2, -0.15) is 5.26 Å². The van der Waals surface area contributed by atoms with Crippen molar-refractivity contribution in [2.75, 3.05) is 26.3 Å². The number of morpholine rings is 1. The van der Waals surface area contributed by atoms with E-state index in [1.807, 2.05) is 6.07 Å². The molecule has 7 nitrogen and oxygen atoms in total. The smallest absolute Gasteiger partial charge is 0.311 e. The molecule has 1 aliphatic heterocycles. The molecule has 0 radical (unpaired) electrons. The molecule has 7 heteroatoms. The summed E-state index contributed by atoms with van der Waals surface area (Å²) in [6, 6.07) is 5.96. The number of benzene rings is 1. The molecule has 0 aliphatic carbocycles. The van der Waals surface area contributed by atoms with Gasteiger partial charge in [-0.1, -0.05) is 0 Å². The average Bonchev–Trinajstić information content (AvgIpc) is 2.45. The highest BCUT2D eigenvalue weighted by Gasteiger charge is 2.19. The van der Waals surface area contributed by atoms with Gasteiger partial charge in [-0.05, 0) is 6.07 Å². The summed E-state index contributed by atoms with van der Waals surface area (Å²) in [5, 5.41) is 22.8. The van der Waals surface area contributed by atoms with Gasteiger partial charge < -0.3 is 14.8 Å². The Morgan fingerprint density at radius 3 is 3.11 bits per heavy atom. The second kappa shape index (κ2) is 6.13. The Kier molecular flexibility index (Phi) is 4.28. The summed E-state index contributed by atoms with van der Waals surface area (Å²) in [7, 11) is 0. The van der Waals surface area contributed by atoms with Crippen molar-refractivity contribution in [2.45, 2.75) is 6.10 Å². The fourth-order valence-electron chi connectivity index (χ4n) is 1.76. The van der Waals surface area contributed by atoms with Crippen LogP contribution in [-0.4, -0.2) is 37.3 Å². The lowest BCUT2D eigenvalue weighted by atomic mass is 10.2. The van der Waals surface area contributed by atoms with E-state index in [0.29, 0.717) is 18.7 Å². The Balaban J connectivity index is 2.08. The molecule has 2 rings (SSSR count). The zero-order valence-electron chi connectivity index (χ0n) is 10.2. The summed E-state index contributed by atoms with van der Waals surface area (Å²) < 4.78 is 10.9. The highest BCUT2D eigenvalue weighted by atomic mass is 16.6. The predicted molar refractivity (Wildman–Crippen MR) is 65.9 cm³/mol. The van der Waals surface area contributed by atoms with E-state index in [4.69, 9.17) is 14.7 Å². The van der Waals surface area contributed by atoms with Gasteiger partial charge in [0.05, 0.1) is 23.2 Å². The van der Waals surface area contributed by atoms with Gasteiger partial charge in [0.25, 0.3) is 0 Å². The molecule has 0 aromatic heterocycles. The molecule has 1 fully saturated rings. The van der Waals surface area contributed by atoms with Crippen LogP contribution in [0.4, 0.5) is 5.69 Å². The van der Waals surface area contributed by atoms with Crippen LogP contribution in [-0.2, 0) is 4.74 Å². The van der Waals surface area contributed by atoms with Crippen LogP contribution in [0.2, 0.25) is 0 Å².